The summed E-state index contributed by atoms with van der Waals surface area (Å²) in [5, 5.41) is 7.19. The van der Waals surface area contributed by atoms with E-state index in [1.807, 2.05) is 19.2 Å². The van der Waals surface area contributed by atoms with Gasteiger partial charge in [0.1, 0.15) is 11.6 Å². The summed E-state index contributed by atoms with van der Waals surface area (Å²) in [7, 11) is 1.57. The van der Waals surface area contributed by atoms with E-state index in [1.54, 1.807) is 36.4 Å². The summed E-state index contributed by atoms with van der Waals surface area (Å²) in [6.07, 6.45) is 8.69. The molecule has 0 saturated heterocycles. The smallest absolute Gasteiger partial charge is 0.254 e. The number of ether oxygens (including phenoxy) is 1. The Kier molecular flexibility index (Phi) is 4.35. The number of methoxy groups -OCH3 is 1. The van der Waals surface area contributed by atoms with Crippen LogP contribution in [0, 0.1) is 12.7 Å². The molecule has 1 saturated carbocycles. The lowest BCUT2D eigenvalue weighted by Crippen LogP contribution is -2.26. The van der Waals surface area contributed by atoms with Crippen LogP contribution in [0.2, 0.25) is 0 Å². The van der Waals surface area contributed by atoms with Crippen molar-refractivity contribution in [1.82, 2.24) is 20.1 Å². The maximum atomic E-state index is 14.3. The molecular weight excluding hydrogens is 347 g/mol. The zero-order valence-electron chi connectivity index (χ0n) is 15.1. The fourth-order valence-electron chi connectivity index (χ4n) is 2.90. The Morgan fingerprint density at radius 3 is 2.81 bits per heavy atom. The molecule has 1 aromatic carbocycles. The van der Waals surface area contributed by atoms with Gasteiger partial charge >= 0.3 is 0 Å². The lowest BCUT2D eigenvalue weighted by molar-refractivity contribution is 0.0947. The van der Waals surface area contributed by atoms with Crippen molar-refractivity contribution in [2.24, 2.45) is 0 Å². The minimum absolute atomic E-state index is 0.0540. The van der Waals surface area contributed by atoms with E-state index in [2.05, 4.69) is 15.4 Å². The second-order valence-corrected chi connectivity index (χ2v) is 6.65. The number of benzene rings is 1. The van der Waals surface area contributed by atoms with Crippen LogP contribution in [-0.2, 0) is 0 Å². The summed E-state index contributed by atoms with van der Waals surface area (Å²) in [5.41, 5.74) is 3.08. The van der Waals surface area contributed by atoms with E-state index in [9.17, 15) is 9.18 Å². The zero-order chi connectivity index (χ0) is 19.0. The van der Waals surface area contributed by atoms with Gasteiger partial charge < -0.3 is 10.1 Å². The fourth-order valence-corrected chi connectivity index (χ4v) is 2.90. The van der Waals surface area contributed by atoms with Gasteiger partial charge in [0.15, 0.2) is 0 Å². The molecule has 0 spiro atoms. The first-order chi connectivity index (χ1) is 13.0. The largest absolute Gasteiger partial charge is 0.495 e. The summed E-state index contributed by atoms with van der Waals surface area (Å²) >= 11 is 0. The Hall–Kier alpha value is -3.22. The Bertz CT molecular complexity index is 1010. The SMILES string of the molecule is COc1cncc(-n2cc(-c3cc(C(=O)NC4CC4)c(F)cc3C)cn2)c1. The van der Waals surface area contributed by atoms with E-state index in [4.69, 9.17) is 4.74 Å². The van der Waals surface area contributed by atoms with Crippen LogP contribution in [0.1, 0.15) is 28.8 Å². The van der Waals surface area contributed by atoms with Crippen LogP contribution in [0.5, 0.6) is 5.75 Å². The van der Waals surface area contributed by atoms with Gasteiger partial charge in [-0.15, -0.1) is 0 Å². The van der Waals surface area contributed by atoms with Crippen LogP contribution in [0.3, 0.4) is 0 Å². The van der Waals surface area contributed by atoms with Gasteiger partial charge in [-0.2, -0.15) is 5.10 Å². The molecule has 0 atom stereocenters. The Morgan fingerprint density at radius 2 is 2.07 bits per heavy atom. The number of hydrogen-bond donors (Lipinski definition) is 1. The molecule has 3 aromatic rings. The van der Waals surface area contributed by atoms with Gasteiger partial charge in [0.05, 0.1) is 37.0 Å². The molecule has 6 nitrogen and oxygen atoms in total. The van der Waals surface area contributed by atoms with E-state index in [0.29, 0.717) is 5.75 Å². The quantitative estimate of drug-likeness (QED) is 0.752. The number of carbonyl (C=O) groups is 1. The second kappa shape index (κ2) is 6.83. The molecule has 4 rings (SSSR count). The van der Waals surface area contributed by atoms with Gasteiger partial charge in [-0.3, -0.25) is 9.78 Å². The number of amides is 1. The molecule has 0 radical (unpaired) electrons. The van der Waals surface area contributed by atoms with Crippen molar-refractivity contribution in [2.75, 3.05) is 7.11 Å². The number of aromatic nitrogens is 3. The minimum Gasteiger partial charge on any atom is -0.495 e. The first-order valence-corrected chi connectivity index (χ1v) is 8.70. The van der Waals surface area contributed by atoms with E-state index in [1.165, 1.54) is 6.07 Å². The summed E-state index contributed by atoms with van der Waals surface area (Å²) in [6.45, 7) is 1.81. The number of aryl methyl sites for hydroxylation is 1. The molecule has 1 aliphatic rings. The highest BCUT2D eigenvalue weighted by molar-refractivity contribution is 5.96. The predicted molar refractivity (Wildman–Crippen MR) is 98.5 cm³/mol. The average molecular weight is 366 g/mol. The zero-order valence-corrected chi connectivity index (χ0v) is 15.1. The Morgan fingerprint density at radius 1 is 1.26 bits per heavy atom. The third-order valence-electron chi connectivity index (χ3n) is 4.56. The second-order valence-electron chi connectivity index (χ2n) is 6.65. The van der Waals surface area contributed by atoms with Gasteiger partial charge in [0, 0.05) is 23.9 Å². The molecular formula is C20H19FN4O2. The third-order valence-corrected chi connectivity index (χ3v) is 4.56. The maximum Gasteiger partial charge on any atom is 0.254 e. The summed E-state index contributed by atoms with van der Waals surface area (Å²) < 4.78 is 21.2. The summed E-state index contributed by atoms with van der Waals surface area (Å²) in [4.78, 5) is 16.4. The molecule has 27 heavy (non-hydrogen) atoms. The number of rotatable bonds is 5. The molecule has 1 amide bonds. The van der Waals surface area contributed by atoms with Crippen molar-refractivity contribution in [3.8, 4) is 22.6 Å². The molecule has 0 bridgehead atoms. The van der Waals surface area contributed by atoms with Gasteiger partial charge in [-0.1, -0.05) is 0 Å². The van der Waals surface area contributed by atoms with Crippen molar-refractivity contribution in [2.45, 2.75) is 25.8 Å². The lowest BCUT2D eigenvalue weighted by atomic mass is 9.99. The molecule has 7 heteroatoms. The van der Waals surface area contributed by atoms with Crippen LogP contribution in [0.25, 0.3) is 16.8 Å². The first-order valence-electron chi connectivity index (χ1n) is 8.70. The van der Waals surface area contributed by atoms with Crippen molar-refractivity contribution < 1.29 is 13.9 Å². The van der Waals surface area contributed by atoms with Crippen LogP contribution in [-0.4, -0.2) is 33.8 Å². The number of halogens is 1. The fraction of sp³-hybridized carbons (Fsp3) is 0.250. The van der Waals surface area contributed by atoms with Gasteiger partial charge in [0.25, 0.3) is 5.91 Å². The van der Waals surface area contributed by atoms with Crippen LogP contribution >= 0.6 is 0 Å². The molecule has 1 aliphatic carbocycles. The number of pyridine rings is 1. The normalized spacial score (nSPS) is 13.4. The highest BCUT2D eigenvalue weighted by Gasteiger charge is 2.25. The van der Waals surface area contributed by atoms with Gasteiger partial charge in [-0.25, -0.2) is 9.07 Å². The highest BCUT2D eigenvalue weighted by atomic mass is 19.1. The maximum absolute atomic E-state index is 14.3. The Labute approximate surface area is 156 Å². The number of hydrogen-bond acceptors (Lipinski definition) is 4. The van der Waals surface area contributed by atoms with E-state index in [0.717, 1.165) is 35.2 Å². The van der Waals surface area contributed by atoms with E-state index in [-0.39, 0.29) is 17.5 Å². The number of carbonyl (C=O) groups excluding carboxylic acids is 1. The van der Waals surface area contributed by atoms with Crippen LogP contribution in [0.4, 0.5) is 4.39 Å². The topological polar surface area (TPSA) is 69.0 Å². The average Bonchev–Trinajstić information content (AvgIpc) is 3.34. The molecule has 1 fully saturated rings. The number of nitrogens with one attached hydrogen (secondary N) is 1. The third kappa shape index (κ3) is 3.53. The molecule has 2 heterocycles. The molecule has 2 aromatic heterocycles. The van der Waals surface area contributed by atoms with Crippen molar-refractivity contribution in [3.05, 3.63) is 59.9 Å². The first kappa shape index (κ1) is 17.2. The van der Waals surface area contributed by atoms with Crippen molar-refractivity contribution >= 4 is 5.91 Å². The Balaban J connectivity index is 1.68. The number of nitrogens with zero attached hydrogens (tertiary/aromatic N) is 3. The highest BCUT2D eigenvalue weighted by Crippen LogP contribution is 2.28. The van der Waals surface area contributed by atoms with E-state index < -0.39 is 5.82 Å². The predicted octanol–water partition coefficient (Wildman–Crippen LogP) is 3.28. The van der Waals surface area contributed by atoms with E-state index >= 15 is 0 Å². The molecule has 0 unspecified atom stereocenters. The minimum atomic E-state index is -0.515. The van der Waals surface area contributed by atoms with Crippen LogP contribution in [0.15, 0.2) is 43.0 Å². The molecule has 138 valence electrons. The summed E-state index contributed by atoms with van der Waals surface area (Å²) in [6, 6.07) is 4.97. The standard InChI is InChI=1S/C20H19FN4O2/c1-12-5-19(21)18(20(26)24-14-3-4-14)7-17(12)13-8-23-25(11-13)15-6-16(27-2)10-22-9-15/h5-11,14H,3-4H2,1-2H3,(H,24,26). The molecule has 0 aliphatic heterocycles. The molecule has 1 N–H and O–H groups in total. The van der Waals surface area contributed by atoms with Crippen LogP contribution < -0.4 is 10.1 Å². The summed E-state index contributed by atoms with van der Waals surface area (Å²) in [5.74, 6) is -0.263. The monoisotopic (exact) mass is 366 g/mol. The lowest BCUT2D eigenvalue weighted by Gasteiger charge is -2.09. The van der Waals surface area contributed by atoms with Gasteiger partial charge in [0.2, 0.25) is 0 Å². The van der Waals surface area contributed by atoms with Gasteiger partial charge in [-0.05, 0) is 43.0 Å². The van der Waals surface area contributed by atoms with Crippen molar-refractivity contribution in [1.29, 1.82) is 0 Å². The van der Waals surface area contributed by atoms with Crippen molar-refractivity contribution in [3.63, 3.8) is 0 Å².